The smallest absolute Gasteiger partial charge is 0.312 e. The van der Waals surface area contributed by atoms with Gasteiger partial charge in [-0.1, -0.05) is 29.3 Å². The average Bonchev–Trinajstić information content (AvgIpc) is 2.11. The van der Waals surface area contributed by atoms with Gasteiger partial charge in [-0.2, -0.15) is 0 Å². The number of hydrogen-bond donors (Lipinski definition) is 2. The molecule has 0 aliphatic heterocycles. The van der Waals surface area contributed by atoms with Crippen LogP contribution >= 0.6 is 23.2 Å². The fourth-order valence-corrected chi connectivity index (χ4v) is 1.42. The first-order valence-corrected chi connectivity index (χ1v) is 4.69. The lowest BCUT2D eigenvalue weighted by molar-refractivity contribution is -0.138. The Bertz CT molecular complexity index is 355. The molecule has 1 atom stereocenters. The highest BCUT2D eigenvalue weighted by Crippen LogP contribution is 2.26. The number of aliphatic carboxylic acids is 1. The average molecular weight is 234 g/mol. The van der Waals surface area contributed by atoms with E-state index in [4.69, 9.17) is 34.0 Å². The summed E-state index contributed by atoms with van der Waals surface area (Å²) in [5, 5.41) is 9.57. The molecule has 3 nitrogen and oxygen atoms in total. The van der Waals surface area contributed by atoms with E-state index in [0.29, 0.717) is 15.6 Å². The predicted octanol–water partition coefficient (Wildman–Crippen LogP) is 2.12. The fraction of sp³-hybridized carbons (Fsp3) is 0.222. The van der Waals surface area contributed by atoms with Gasteiger partial charge in [-0.3, -0.25) is 4.79 Å². The van der Waals surface area contributed by atoms with E-state index in [1.165, 1.54) is 6.07 Å². The SMILES string of the molecule is NCC(C(=O)O)c1ccc(Cl)c(Cl)c1. The maximum atomic E-state index is 10.8. The molecule has 0 saturated carbocycles. The van der Waals surface area contributed by atoms with Crippen molar-refractivity contribution in [2.45, 2.75) is 5.92 Å². The van der Waals surface area contributed by atoms with Crippen LogP contribution in [-0.4, -0.2) is 17.6 Å². The fourth-order valence-electron chi connectivity index (χ4n) is 1.11. The Hall–Kier alpha value is -0.770. The molecule has 1 aromatic carbocycles. The molecule has 0 heterocycles. The van der Waals surface area contributed by atoms with E-state index in [1.807, 2.05) is 0 Å². The van der Waals surface area contributed by atoms with E-state index in [1.54, 1.807) is 12.1 Å². The molecule has 0 aliphatic rings. The molecule has 1 unspecified atom stereocenters. The van der Waals surface area contributed by atoms with Gasteiger partial charge in [-0.05, 0) is 17.7 Å². The van der Waals surface area contributed by atoms with Crippen LogP contribution in [0, 0.1) is 0 Å². The lowest BCUT2D eigenvalue weighted by Gasteiger charge is -2.10. The molecular formula is C9H9Cl2NO2. The monoisotopic (exact) mass is 233 g/mol. The lowest BCUT2D eigenvalue weighted by Crippen LogP contribution is -2.21. The van der Waals surface area contributed by atoms with Gasteiger partial charge in [-0.25, -0.2) is 0 Å². The Labute approximate surface area is 91.4 Å². The second-order valence-electron chi connectivity index (χ2n) is 2.80. The first kappa shape index (κ1) is 11.3. The van der Waals surface area contributed by atoms with Crippen molar-refractivity contribution < 1.29 is 9.90 Å². The van der Waals surface area contributed by atoms with Gasteiger partial charge in [0.1, 0.15) is 0 Å². The van der Waals surface area contributed by atoms with E-state index in [0.717, 1.165) is 0 Å². The topological polar surface area (TPSA) is 63.3 Å². The quantitative estimate of drug-likeness (QED) is 0.841. The summed E-state index contributed by atoms with van der Waals surface area (Å²) in [5.41, 5.74) is 5.90. The molecule has 76 valence electrons. The van der Waals surface area contributed by atoms with Crippen LogP contribution in [0.3, 0.4) is 0 Å². The van der Waals surface area contributed by atoms with Gasteiger partial charge in [0.2, 0.25) is 0 Å². The Morgan fingerprint density at radius 1 is 1.43 bits per heavy atom. The molecule has 0 bridgehead atoms. The van der Waals surface area contributed by atoms with Crippen molar-refractivity contribution in [2.75, 3.05) is 6.54 Å². The maximum Gasteiger partial charge on any atom is 0.312 e. The Morgan fingerprint density at radius 2 is 2.07 bits per heavy atom. The molecule has 1 rings (SSSR count). The largest absolute Gasteiger partial charge is 0.481 e. The van der Waals surface area contributed by atoms with Gasteiger partial charge in [0.15, 0.2) is 0 Å². The van der Waals surface area contributed by atoms with Gasteiger partial charge in [0, 0.05) is 6.54 Å². The van der Waals surface area contributed by atoms with Gasteiger partial charge in [-0.15, -0.1) is 0 Å². The lowest BCUT2D eigenvalue weighted by atomic mass is 10.00. The molecule has 14 heavy (non-hydrogen) atoms. The van der Waals surface area contributed by atoms with Crippen LogP contribution < -0.4 is 5.73 Å². The second kappa shape index (κ2) is 4.64. The zero-order valence-corrected chi connectivity index (χ0v) is 8.72. The summed E-state index contributed by atoms with van der Waals surface area (Å²) in [6, 6.07) is 4.69. The number of halogens is 2. The zero-order valence-electron chi connectivity index (χ0n) is 7.21. The minimum absolute atomic E-state index is 0.0350. The van der Waals surface area contributed by atoms with Crippen molar-refractivity contribution >= 4 is 29.2 Å². The van der Waals surface area contributed by atoms with E-state index >= 15 is 0 Å². The molecule has 0 saturated heterocycles. The van der Waals surface area contributed by atoms with Crippen molar-refractivity contribution in [2.24, 2.45) is 5.73 Å². The molecule has 0 spiro atoms. The summed E-state index contributed by atoms with van der Waals surface area (Å²) in [6.45, 7) is 0.0350. The van der Waals surface area contributed by atoms with Crippen molar-refractivity contribution in [3.63, 3.8) is 0 Å². The Morgan fingerprint density at radius 3 is 2.50 bits per heavy atom. The normalized spacial score (nSPS) is 12.5. The summed E-state index contributed by atoms with van der Waals surface area (Å²) < 4.78 is 0. The number of carbonyl (C=O) groups is 1. The third kappa shape index (κ3) is 2.38. The van der Waals surface area contributed by atoms with Gasteiger partial charge < -0.3 is 10.8 Å². The molecule has 0 aromatic heterocycles. The molecule has 3 N–H and O–H groups in total. The van der Waals surface area contributed by atoms with Gasteiger partial charge in [0.05, 0.1) is 16.0 Å². The third-order valence-corrected chi connectivity index (χ3v) is 2.62. The number of rotatable bonds is 3. The van der Waals surface area contributed by atoms with Crippen LogP contribution in [0.1, 0.15) is 11.5 Å². The van der Waals surface area contributed by atoms with E-state index in [-0.39, 0.29) is 6.54 Å². The predicted molar refractivity (Wildman–Crippen MR) is 55.9 cm³/mol. The van der Waals surface area contributed by atoms with Crippen molar-refractivity contribution in [3.05, 3.63) is 33.8 Å². The standard InChI is InChI=1S/C9H9Cl2NO2/c10-7-2-1-5(3-8(7)11)6(4-12)9(13)14/h1-3,6H,4,12H2,(H,13,14). The molecule has 0 fully saturated rings. The number of benzene rings is 1. The second-order valence-corrected chi connectivity index (χ2v) is 3.61. The summed E-state index contributed by atoms with van der Waals surface area (Å²) in [7, 11) is 0. The summed E-state index contributed by atoms with van der Waals surface area (Å²) >= 11 is 11.5. The van der Waals surface area contributed by atoms with E-state index in [9.17, 15) is 4.79 Å². The number of hydrogen-bond acceptors (Lipinski definition) is 2. The Kier molecular flexibility index (Phi) is 3.75. The molecule has 0 amide bonds. The van der Waals surface area contributed by atoms with Crippen LogP contribution in [0.15, 0.2) is 18.2 Å². The summed E-state index contributed by atoms with van der Waals surface area (Å²) in [4.78, 5) is 10.8. The highest BCUT2D eigenvalue weighted by molar-refractivity contribution is 6.42. The van der Waals surface area contributed by atoms with Crippen molar-refractivity contribution in [3.8, 4) is 0 Å². The highest BCUT2D eigenvalue weighted by atomic mass is 35.5. The van der Waals surface area contributed by atoms with E-state index in [2.05, 4.69) is 0 Å². The van der Waals surface area contributed by atoms with Crippen molar-refractivity contribution in [1.82, 2.24) is 0 Å². The Balaban J connectivity index is 3.06. The van der Waals surface area contributed by atoms with Crippen LogP contribution in [-0.2, 0) is 4.79 Å². The highest BCUT2D eigenvalue weighted by Gasteiger charge is 2.18. The molecule has 1 aromatic rings. The zero-order chi connectivity index (χ0) is 10.7. The first-order valence-electron chi connectivity index (χ1n) is 3.94. The van der Waals surface area contributed by atoms with Crippen LogP contribution in [0.25, 0.3) is 0 Å². The van der Waals surface area contributed by atoms with Gasteiger partial charge in [0.25, 0.3) is 0 Å². The number of carboxylic acid groups (broad SMARTS) is 1. The van der Waals surface area contributed by atoms with Crippen molar-refractivity contribution in [1.29, 1.82) is 0 Å². The van der Waals surface area contributed by atoms with Crippen LogP contribution in [0.5, 0.6) is 0 Å². The van der Waals surface area contributed by atoms with E-state index < -0.39 is 11.9 Å². The molecule has 0 aliphatic carbocycles. The minimum Gasteiger partial charge on any atom is -0.481 e. The number of carboxylic acids is 1. The van der Waals surface area contributed by atoms with Crippen LogP contribution in [0.4, 0.5) is 0 Å². The third-order valence-electron chi connectivity index (χ3n) is 1.88. The number of nitrogens with two attached hydrogens (primary N) is 1. The first-order chi connectivity index (χ1) is 6.56. The molecule has 5 heteroatoms. The minimum atomic E-state index is -0.967. The van der Waals surface area contributed by atoms with Gasteiger partial charge >= 0.3 is 5.97 Å². The summed E-state index contributed by atoms with van der Waals surface area (Å²) in [5.74, 6) is -1.70. The van der Waals surface area contributed by atoms with Crippen LogP contribution in [0.2, 0.25) is 10.0 Å². The molecule has 0 radical (unpaired) electrons. The maximum absolute atomic E-state index is 10.8. The molecular weight excluding hydrogens is 225 g/mol. The summed E-state index contributed by atoms with van der Waals surface area (Å²) in [6.07, 6.45) is 0.